The molecule has 0 aromatic carbocycles. The molecule has 1 aliphatic heterocycles. The van der Waals surface area contributed by atoms with Crippen LogP contribution in [0.2, 0.25) is 0 Å². The smallest absolute Gasteiger partial charge is 0.0224 e. The molecule has 2 atom stereocenters. The van der Waals surface area contributed by atoms with Gasteiger partial charge in [-0.1, -0.05) is 18.2 Å². The van der Waals surface area contributed by atoms with Crippen molar-refractivity contribution in [3.8, 4) is 0 Å². The summed E-state index contributed by atoms with van der Waals surface area (Å²) in [6.07, 6.45) is 8.66. The number of hydrogen-bond donors (Lipinski definition) is 1. The molecule has 0 fully saturated rings. The van der Waals surface area contributed by atoms with Gasteiger partial charge in [0.25, 0.3) is 0 Å². The van der Waals surface area contributed by atoms with Gasteiger partial charge in [-0.3, -0.25) is 0 Å². The minimum absolute atomic E-state index is 0. The molecular weight excluding hydrogens is 158 g/mol. The average molecular weight is 174 g/mol. The van der Waals surface area contributed by atoms with Crippen molar-refractivity contribution in [2.45, 2.75) is 31.8 Å². The number of hydrogen-bond acceptors (Lipinski definition) is 1. The van der Waals surface area contributed by atoms with Gasteiger partial charge in [0, 0.05) is 12.1 Å². The molecule has 0 amide bonds. The third-order valence-electron chi connectivity index (χ3n) is 1.80. The van der Waals surface area contributed by atoms with Crippen LogP contribution in [0.3, 0.4) is 0 Å². The van der Waals surface area contributed by atoms with E-state index in [2.05, 4.69) is 31.0 Å². The van der Waals surface area contributed by atoms with Crippen LogP contribution in [0.25, 0.3) is 0 Å². The van der Waals surface area contributed by atoms with E-state index >= 15 is 0 Å². The summed E-state index contributed by atoms with van der Waals surface area (Å²) in [5.41, 5.74) is 0. The van der Waals surface area contributed by atoms with Gasteiger partial charge >= 0.3 is 0 Å². The fraction of sp³-hybridized carbons (Fsp3) is 0.556. The maximum atomic E-state index is 3.72. The lowest BCUT2D eigenvalue weighted by Crippen LogP contribution is -2.37. The molecule has 0 aromatic rings. The van der Waals surface area contributed by atoms with Crippen molar-refractivity contribution in [2.24, 2.45) is 0 Å². The second-order valence-corrected chi connectivity index (χ2v) is 2.84. The van der Waals surface area contributed by atoms with Crippen LogP contribution in [-0.2, 0) is 0 Å². The van der Waals surface area contributed by atoms with E-state index in [-0.39, 0.29) is 12.4 Å². The third kappa shape index (κ3) is 3.59. The van der Waals surface area contributed by atoms with Crippen molar-refractivity contribution < 1.29 is 0 Å². The second kappa shape index (κ2) is 5.39. The summed E-state index contributed by atoms with van der Waals surface area (Å²) in [4.78, 5) is 0. The molecule has 0 spiro atoms. The zero-order valence-electron chi connectivity index (χ0n) is 6.92. The van der Waals surface area contributed by atoms with E-state index in [1.807, 2.05) is 6.08 Å². The maximum absolute atomic E-state index is 3.72. The van der Waals surface area contributed by atoms with Gasteiger partial charge in [-0.25, -0.2) is 0 Å². The first-order valence-corrected chi connectivity index (χ1v) is 3.86. The van der Waals surface area contributed by atoms with E-state index in [1.54, 1.807) is 0 Å². The van der Waals surface area contributed by atoms with Gasteiger partial charge in [0.05, 0.1) is 0 Å². The first kappa shape index (κ1) is 10.7. The summed E-state index contributed by atoms with van der Waals surface area (Å²) in [6, 6.07) is 1.16. The molecule has 0 unspecified atom stereocenters. The minimum atomic E-state index is 0. The fourth-order valence-corrected chi connectivity index (χ4v) is 1.31. The van der Waals surface area contributed by atoms with Crippen molar-refractivity contribution in [1.29, 1.82) is 0 Å². The van der Waals surface area contributed by atoms with Gasteiger partial charge in [-0.05, 0) is 19.8 Å². The monoisotopic (exact) mass is 173 g/mol. The van der Waals surface area contributed by atoms with E-state index < -0.39 is 0 Å². The molecule has 0 saturated heterocycles. The highest BCUT2D eigenvalue weighted by atomic mass is 35.5. The van der Waals surface area contributed by atoms with Crippen LogP contribution in [0, 0.1) is 0 Å². The molecule has 0 radical (unpaired) electrons. The molecule has 1 aliphatic rings. The highest BCUT2D eigenvalue weighted by molar-refractivity contribution is 5.85. The molecule has 11 heavy (non-hydrogen) atoms. The Labute approximate surface area is 75.0 Å². The van der Waals surface area contributed by atoms with E-state index in [0.717, 1.165) is 12.8 Å². The van der Waals surface area contributed by atoms with Crippen LogP contribution in [0.1, 0.15) is 19.8 Å². The summed E-state index contributed by atoms with van der Waals surface area (Å²) in [6.45, 7) is 5.89. The highest BCUT2D eigenvalue weighted by Crippen LogP contribution is 2.07. The Balaban J connectivity index is 0.000001000. The van der Waals surface area contributed by atoms with Crippen LogP contribution < -0.4 is 5.32 Å². The average Bonchev–Trinajstić information content (AvgIpc) is 1.88. The topological polar surface area (TPSA) is 12.0 Å². The summed E-state index contributed by atoms with van der Waals surface area (Å²) in [7, 11) is 0. The van der Waals surface area contributed by atoms with Crippen LogP contribution >= 0.6 is 12.4 Å². The van der Waals surface area contributed by atoms with Gasteiger partial charge in [0.2, 0.25) is 0 Å². The Morgan fingerprint density at radius 1 is 1.73 bits per heavy atom. The Morgan fingerprint density at radius 3 is 3.00 bits per heavy atom. The lowest BCUT2D eigenvalue weighted by atomic mass is 10.0. The Hall–Kier alpha value is -0.270. The quantitative estimate of drug-likeness (QED) is 0.632. The number of halogens is 1. The Morgan fingerprint density at radius 2 is 2.45 bits per heavy atom. The second-order valence-electron chi connectivity index (χ2n) is 2.84. The summed E-state index contributed by atoms with van der Waals surface area (Å²) >= 11 is 0. The normalized spacial score (nSPS) is 29.2. The molecule has 0 saturated carbocycles. The van der Waals surface area contributed by atoms with E-state index in [9.17, 15) is 0 Å². The highest BCUT2D eigenvalue weighted by Gasteiger charge is 2.10. The largest absolute Gasteiger partial charge is 0.307 e. The van der Waals surface area contributed by atoms with E-state index in [1.165, 1.54) is 0 Å². The number of nitrogens with one attached hydrogen (secondary N) is 1. The molecule has 1 N–H and O–H groups in total. The molecule has 1 rings (SSSR count). The lowest BCUT2D eigenvalue weighted by molar-refractivity contribution is 0.472. The molecule has 0 aromatic heterocycles. The van der Waals surface area contributed by atoms with Crippen molar-refractivity contribution in [2.75, 3.05) is 0 Å². The zero-order valence-corrected chi connectivity index (χ0v) is 7.73. The molecule has 2 heteroatoms. The van der Waals surface area contributed by atoms with E-state index in [0.29, 0.717) is 12.1 Å². The Bertz CT molecular complexity index is 142. The first-order valence-electron chi connectivity index (χ1n) is 3.86. The van der Waals surface area contributed by atoms with Crippen LogP contribution in [0.4, 0.5) is 0 Å². The van der Waals surface area contributed by atoms with Gasteiger partial charge in [0.1, 0.15) is 0 Å². The zero-order chi connectivity index (χ0) is 7.40. The van der Waals surface area contributed by atoms with Crippen LogP contribution in [0.5, 0.6) is 0 Å². The van der Waals surface area contributed by atoms with Gasteiger partial charge < -0.3 is 5.32 Å². The maximum Gasteiger partial charge on any atom is 0.0224 e. The summed E-state index contributed by atoms with van der Waals surface area (Å²) in [5.74, 6) is 0. The molecule has 1 nitrogen and oxygen atoms in total. The predicted octanol–water partition coefficient (Wildman–Crippen LogP) is 2.29. The molecule has 0 bridgehead atoms. The summed E-state index contributed by atoms with van der Waals surface area (Å²) in [5, 5.41) is 3.46. The van der Waals surface area contributed by atoms with Gasteiger partial charge in [-0.15, -0.1) is 19.0 Å². The fourth-order valence-electron chi connectivity index (χ4n) is 1.31. The van der Waals surface area contributed by atoms with Crippen LogP contribution in [0.15, 0.2) is 24.8 Å². The van der Waals surface area contributed by atoms with Crippen molar-refractivity contribution in [3.05, 3.63) is 24.8 Å². The molecule has 0 aliphatic carbocycles. The van der Waals surface area contributed by atoms with Crippen LogP contribution in [-0.4, -0.2) is 12.1 Å². The SMILES string of the molecule is C=CC[C@@H]1CC=C[C@@H](C)N1.Cl. The number of rotatable bonds is 2. The van der Waals surface area contributed by atoms with Crippen molar-refractivity contribution >= 4 is 12.4 Å². The standard InChI is InChI=1S/C9H15N.ClH/c1-3-5-9-7-4-6-8(2)10-9;/h3-4,6,8-10H,1,5,7H2,2H3;1H/t8-,9-;/m1./s1. The van der Waals surface area contributed by atoms with E-state index in [4.69, 9.17) is 0 Å². The predicted molar refractivity (Wildman–Crippen MR) is 52.2 cm³/mol. The lowest BCUT2D eigenvalue weighted by Gasteiger charge is -2.23. The van der Waals surface area contributed by atoms with Crippen molar-refractivity contribution in [1.82, 2.24) is 5.32 Å². The van der Waals surface area contributed by atoms with Crippen molar-refractivity contribution in [3.63, 3.8) is 0 Å². The summed E-state index contributed by atoms with van der Waals surface area (Å²) < 4.78 is 0. The first-order chi connectivity index (χ1) is 4.83. The molecule has 64 valence electrons. The van der Waals surface area contributed by atoms with Gasteiger partial charge in [-0.2, -0.15) is 0 Å². The third-order valence-corrected chi connectivity index (χ3v) is 1.80. The molecular formula is C9H16ClN. The Kier molecular flexibility index (Phi) is 5.26. The van der Waals surface area contributed by atoms with Gasteiger partial charge in [0.15, 0.2) is 0 Å². The molecule has 1 heterocycles. The minimum Gasteiger partial charge on any atom is -0.307 e.